The highest BCUT2D eigenvalue weighted by Crippen LogP contribution is 1.98. The smallest absolute Gasteiger partial charge is 0.305 e. The fraction of sp³-hybridized carbons (Fsp3) is 0.900. The van der Waals surface area contributed by atoms with Gasteiger partial charge in [0, 0.05) is 6.42 Å². The van der Waals surface area contributed by atoms with Crippen LogP contribution in [0.4, 0.5) is 0 Å². The summed E-state index contributed by atoms with van der Waals surface area (Å²) in [6.07, 6.45) is 3.46. The first kappa shape index (κ1) is 12.4. The van der Waals surface area contributed by atoms with Crippen molar-refractivity contribution in [3.63, 3.8) is 0 Å². The summed E-state index contributed by atoms with van der Waals surface area (Å²) in [7, 11) is 4.07. The summed E-state index contributed by atoms with van der Waals surface area (Å²) in [6, 6.07) is 0. The number of hydrogen-bond acceptors (Lipinski definition) is 3. The topological polar surface area (TPSA) is 29.5 Å². The van der Waals surface area contributed by atoms with Gasteiger partial charge in [-0.15, -0.1) is 0 Å². The molecule has 0 aromatic rings. The first-order valence-electron chi connectivity index (χ1n) is 4.97. The van der Waals surface area contributed by atoms with Crippen LogP contribution in [0.3, 0.4) is 0 Å². The molecular weight excluding hydrogens is 166 g/mol. The Labute approximate surface area is 81.1 Å². The zero-order valence-corrected chi connectivity index (χ0v) is 9.01. The number of carbonyl (C=O) groups excluding carboxylic acids is 1. The Morgan fingerprint density at radius 3 is 2.54 bits per heavy atom. The van der Waals surface area contributed by atoms with E-state index in [1.165, 1.54) is 0 Å². The largest absolute Gasteiger partial charge is 0.466 e. The van der Waals surface area contributed by atoms with Crippen molar-refractivity contribution in [3.05, 3.63) is 0 Å². The molecule has 0 saturated carbocycles. The zero-order valence-electron chi connectivity index (χ0n) is 9.01. The summed E-state index contributed by atoms with van der Waals surface area (Å²) < 4.78 is 4.95. The van der Waals surface area contributed by atoms with E-state index >= 15 is 0 Å². The zero-order chi connectivity index (χ0) is 10.1. The molecule has 0 aromatic carbocycles. The third-order valence-corrected chi connectivity index (χ3v) is 1.70. The molecular formula is C10H21NO2. The van der Waals surface area contributed by atoms with Crippen LogP contribution in [0.15, 0.2) is 0 Å². The maximum Gasteiger partial charge on any atom is 0.305 e. The predicted octanol–water partition coefficient (Wildman–Crippen LogP) is 1.67. The minimum atomic E-state index is -0.0550. The molecule has 0 amide bonds. The van der Waals surface area contributed by atoms with Gasteiger partial charge in [0.05, 0.1) is 6.61 Å². The monoisotopic (exact) mass is 187 g/mol. The molecule has 0 aliphatic heterocycles. The van der Waals surface area contributed by atoms with E-state index in [-0.39, 0.29) is 5.97 Å². The highest BCUT2D eigenvalue weighted by Gasteiger charge is 2.01. The third kappa shape index (κ3) is 9.34. The molecule has 0 heterocycles. The predicted molar refractivity (Wildman–Crippen MR) is 53.7 cm³/mol. The second kappa shape index (κ2) is 8.05. The van der Waals surface area contributed by atoms with Gasteiger partial charge in [-0.25, -0.2) is 0 Å². The van der Waals surface area contributed by atoms with Crippen molar-refractivity contribution < 1.29 is 9.53 Å². The maximum absolute atomic E-state index is 11.0. The van der Waals surface area contributed by atoms with E-state index in [0.717, 1.165) is 25.8 Å². The van der Waals surface area contributed by atoms with Crippen LogP contribution in [0, 0.1) is 0 Å². The number of esters is 1. The Kier molecular flexibility index (Phi) is 7.69. The van der Waals surface area contributed by atoms with Gasteiger partial charge in [-0.05, 0) is 39.9 Å². The van der Waals surface area contributed by atoms with Crippen LogP contribution in [0.25, 0.3) is 0 Å². The molecule has 3 heteroatoms. The van der Waals surface area contributed by atoms with Gasteiger partial charge in [0.2, 0.25) is 0 Å². The van der Waals surface area contributed by atoms with Crippen LogP contribution in [0.5, 0.6) is 0 Å². The van der Waals surface area contributed by atoms with Crippen LogP contribution >= 0.6 is 0 Å². The molecule has 0 fully saturated rings. The molecule has 0 bridgehead atoms. The Hall–Kier alpha value is -0.570. The minimum Gasteiger partial charge on any atom is -0.466 e. The normalized spacial score (nSPS) is 10.5. The minimum absolute atomic E-state index is 0.0550. The summed E-state index contributed by atoms with van der Waals surface area (Å²) in [5.41, 5.74) is 0. The summed E-state index contributed by atoms with van der Waals surface area (Å²) >= 11 is 0. The van der Waals surface area contributed by atoms with Crippen molar-refractivity contribution in [1.29, 1.82) is 0 Å². The van der Waals surface area contributed by atoms with Crippen molar-refractivity contribution in [2.24, 2.45) is 0 Å². The number of hydrogen-bond donors (Lipinski definition) is 0. The fourth-order valence-corrected chi connectivity index (χ4v) is 0.985. The lowest BCUT2D eigenvalue weighted by Gasteiger charge is -2.08. The van der Waals surface area contributed by atoms with Crippen LogP contribution in [0.2, 0.25) is 0 Å². The summed E-state index contributed by atoms with van der Waals surface area (Å²) in [5.74, 6) is -0.0550. The summed E-state index contributed by atoms with van der Waals surface area (Å²) in [4.78, 5) is 13.1. The number of carbonyl (C=O) groups is 1. The van der Waals surface area contributed by atoms with Gasteiger partial charge in [0.25, 0.3) is 0 Å². The van der Waals surface area contributed by atoms with Gasteiger partial charge in [-0.3, -0.25) is 4.79 Å². The molecule has 0 unspecified atom stereocenters. The maximum atomic E-state index is 11.0. The third-order valence-electron chi connectivity index (χ3n) is 1.70. The Morgan fingerprint density at radius 2 is 2.00 bits per heavy atom. The lowest BCUT2D eigenvalue weighted by Crippen LogP contribution is -2.13. The van der Waals surface area contributed by atoms with Gasteiger partial charge >= 0.3 is 5.97 Å². The molecule has 0 rings (SSSR count). The van der Waals surface area contributed by atoms with Crippen molar-refractivity contribution in [2.45, 2.75) is 32.6 Å². The first-order valence-corrected chi connectivity index (χ1v) is 4.97. The average molecular weight is 187 g/mol. The van der Waals surface area contributed by atoms with Crippen molar-refractivity contribution in [3.8, 4) is 0 Å². The van der Waals surface area contributed by atoms with E-state index < -0.39 is 0 Å². The molecule has 0 aromatic heterocycles. The average Bonchev–Trinajstić information content (AvgIpc) is 2.08. The molecule has 3 nitrogen and oxygen atoms in total. The fourth-order valence-electron chi connectivity index (χ4n) is 0.985. The van der Waals surface area contributed by atoms with Crippen molar-refractivity contribution in [2.75, 3.05) is 27.2 Å². The Balaban J connectivity index is 3.17. The summed E-state index contributed by atoms with van der Waals surface area (Å²) in [6.45, 7) is 3.60. The molecule has 0 spiro atoms. The van der Waals surface area contributed by atoms with Crippen LogP contribution in [0.1, 0.15) is 32.6 Å². The second-order valence-electron chi connectivity index (χ2n) is 3.48. The van der Waals surface area contributed by atoms with E-state index in [2.05, 4.69) is 4.90 Å². The molecule has 13 heavy (non-hydrogen) atoms. The van der Waals surface area contributed by atoms with E-state index in [9.17, 15) is 4.79 Å². The van der Waals surface area contributed by atoms with Crippen molar-refractivity contribution in [1.82, 2.24) is 4.90 Å². The van der Waals surface area contributed by atoms with E-state index in [1.54, 1.807) is 0 Å². The van der Waals surface area contributed by atoms with Gasteiger partial charge in [-0.2, -0.15) is 0 Å². The number of ether oxygens (including phenoxy) is 1. The van der Waals surface area contributed by atoms with Crippen LogP contribution < -0.4 is 0 Å². The molecule has 0 aliphatic rings. The number of unbranched alkanes of at least 4 members (excludes halogenated alkanes) is 1. The molecule has 0 aliphatic carbocycles. The Bertz CT molecular complexity index is 135. The van der Waals surface area contributed by atoms with Crippen LogP contribution in [-0.4, -0.2) is 38.1 Å². The number of nitrogens with zero attached hydrogens (tertiary/aromatic N) is 1. The van der Waals surface area contributed by atoms with Crippen LogP contribution in [-0.2, 0) is 9.53 Å². The van der Waals surface area contributed by atoms with Gasteiger partial charge in [-0.1, -0.05) is 6.92 Å². The van der Waals surface area contributed by atoms with Gasteiger partial charge in [0.1, 0.15) is 0 Å². The van der Waals surface area contributed by atoms with Gasteiger partial charge in [0.15, 0.2) is 0 Å². The lowest BCUT2D eigenvalue weighted by molar-refractivity contribution is -0.143. The number of rotatable bonds is 7. The standard InChI is InChI=1S/C10H21NO2/c1-4-9-13-10(12)7-5-6-8-11(2)3/h4-9H2,1-3H3. The second-order valence-corrected chi connectivity index (χ2v) is 3.48. The molecule has 0 saturated heterocycles. The Morgan fingerprint density at radius 1 is 1.31 bits per heavy atom. The molecule has 0 radical (unpaired) electrons. The quantitative estimate of drug-likeness (QED) is 0.448. The molecule has 0 atom stereocenters. The van der Waals surface area contributed by atoms with Crippen molar-refractivity contribution >= 4 is 5.97 Å². The highest BCUT2D eigenvalue weighted by molar-refractivity contribution is 5.69. The van der Waals surface area contributed by atoms with Gasteiger partial charge < -0.3 is 9.64 Å². The lowest BCUT2D eigenvalue weighted by atomic mass is 10.2. The first-order chi connectivity index (χ1) is 6.16. The SMILES string of the molecule is CCCOC(=O)CCCCN(C)C. The van der Waals surface area contributed by atoms with E-state index in [0.29, 0.717) is 13.0 Å². The summed E-state index contributed by atoms with van der Waals surface area (Å²) in [5, 5.41) is 0. The van der Waals surface area contributed by atoms with E-state index in [4.69, 9.17) is 4.74 Å². The molecule has 78 valence electrons. The highest BCUT2D eigenvalue weighted by atomic mass is 16.5. The van der Waals surface area contributed by atoms with E-state index in [1.807, 2.05) is 21.0 Å². The molecule has 0 N–H and O–H groups in total.